The maximum absolute atomic E-state index is 14.8. The van der Waals surface area contributed by atoms with Gasteiger partial charge in [0, 0.05) is 17.8 Å². The molecule has 2 aromatic carbocycles. The Morgan fingerprint density at radius 3 is 2.31 bits per heavy atom. The van der Waals surface area contributed by atoms with Gasteiger partial charge in [-0.3, -0.25) is 14.4 Å². The number of ether oxygens (including phenoxy) is 1. The van der Waals surface area contributed by atoms with Gasteiger partial charge in [-0.2, -0.15) is 0 Å². The van der Waals surface area contributed by atoms with Crippen LogP contribution in [-0.4, -0.2) is 26.2 Å². The molecule has 0 bridgehead atoms. The first-order chi connectivity index (χ1) is 12.0. The Morgan fingerprint density at radius 1 is 1.12 bits per heavy atom. The molecule has 0 unspecified atom stereocenters. The third kappa shape index (κ3) is 3.34. The smallest absolute Gasteiger partial charge is 0.275 e. The van der Waals surface area contributed by atoms with Gasteiger partial charge in [0.1, 0.15) is 17.3 Å². The van der Waals surface area contributed by atoms with Gasteiger partial charge >= 0.3 is 0 Å². The zero-order valence-electron chi connectivity index (χ0n) is 14.2. The van der Waals surface area contributed by atoms with Crippen LogP contribution in [0.3, 0.4) is 0 Å². The number of hydrogen-bond donors (Lipinski definition) is 1. The highest BCUT2D eigenvalue weighted by Gasteiger charge is 2.43. The number of halogens is 2. The van der Waals surface area contributed by atoms with Gasteiger partial charge in [-0.05, 0) is 38.1 Å². The number of amides is 1. The molecule has 1 N–H and O–H groups in total. The Bertz CT molecular complexity index is 989. The van der Waals surface area contributed by atoms with E-state index in [1.54, 1.807) is 0 Å². The topological polar surface area (TPSA) is 75.7 Å². The van der Waals surface area contributed by atoms with E-state index in [1.807, 2.05) is 0 Å². The molecule has 26 heavy (non-hydrogen) atoms. The van der Waals surface area contributed by atoms with E-state index < -0.39 is 33.2 Å². The van der Waals surface area contributed by atoms with Gasteiger partial charge < -0.3 is 4.74 Å². The van der Waals surface area contributed by atoms with Crippen molar-refractivity contribution in [3.05, 3.63) is 48.0 Å². The molecule has 0 aliphatic carbocycles. The van der Waals surface area contributed by atoms with E-state index in [-0.39, 0.29) is 22.8 Å². The highest BCUT2D eigenvalue weighted by Crippen LogP contribution is 2.45. The van der Waals surface area contributed by atoms with Crippen LogP contribution in [0.15, 0.2) is 36.4 Å². The fraction of sp³-hybridized carbons (Fsp3) is 0.235. The van der Waals surface area contributed by atoms with Gasteiger partial charge in [-0.15, -0.1) is 0 Å². The summed E-state index contributed by atoms with van der Waals surface area (Å²) in [5.41, 5.74) is -1.28. The lowest BCUT2D eigenvalue weighted by Crippen LogP contribution is -2.50. The quantitative estimate of drug-likeness (QED) is 0.885. The van der Waals surface area contributed by atoms with Gasteiger partial charge in [0.2, 0.25) is 10.0 Å². The van der Waals surface area contributed by atoms with Crippen molar-refractivity contribution in [2.75, 3.05) is 15.9 Å². The van der Waals surface area contributed by atoms with Crippen LogP contribution in [0, 0.1) is 11.6 Å². The van der Waals surface area contributed by atoms with E-state index in [1.165, 1.54) is 32.0 Å². The second kappa shape index (κ2) is 5.94. The molecule has 0 fully saturated rings. The standard InChI is InChI=1S/C17H16F2N2O4S/c1-17(2)16(22)21(12-6-4-10(18)5-7-12)15-13(19)8-11(9-14(15)25-17)20-26(3,23)24/h4-9,20H,1-3H3. The molecule has 6 nitrogen and oxygen atoms in total. The number of sulfonamides is 1. The second-order valence-corrected chi connectivity index (χ2v) is 8.16. The zero-order chi connectivity index (χ0) is 19.3. The minimum absolute atomic E-state index is 0.00919. The van der Waals surface area contributed by atoms with Crippen molar-refractivity contribution in [1.29, 1.82) is 0 Å². The molecule has 0 spiro atoms. The Balaban J connectivity index is 2.19. The van der Waals surface area contributed by atoms with Crippen molar-refractivity contribution < 1.29 is 26.7 Å². The van der Waals surface area contributed by atoms with Crippen LogP contribution in [0.25, 0.3) is 0 Å². The van der Waals surface area contributed by atoms with E-state index in [0.29, 0.717) is 0 Å². The van der Waals surface area contributed by atoms with E-state index in [0.717, 1.165) is 29.4 Å². The highest BCUT2D eigenvalue weighted by molar-refractivity contribution is 7.92. The zero-order valence-corrected chi connectivity index (χ0v) is 15.0. The number of benzene rings is 2. The number of carbonyl (C=O) groups is 1. The molecular formula is C17H16F2N2O4S. The molecule has 2 aromatic rings. The summed E-state index contributed by atoms with van der Waals surface area (Å²) in [6.07, 6.45) is 0.934. The van der Waals surface area contributed by atoms with Crippen molar-refractivity contribution in [2.24, 2.45) is 0 Å². The SMILES string of the molecule is CC1(C)Oc2cc(NS(C)(=O)=O)cc(F)c2N(c2ccc(F)cc2)C1=O. The Labute approximate surface area is 149 Å². The van der Waals surface area contributed by atoms with Crippen LogP contribution in [0.2, 0.25) is 0 Å². The first kappa shape index (κ1) is 18.1. The normalized spacial score (nSPS) is 16.0. The van der Waals surface area contributed by atoms with Gasteiger partial charge in [0.15, 0.2) is 11.4 Å². The monoisotopic (exact) mass is 382 g/mol. The molecule has 0 aromatic heterocycles. The van der Waals surface area contributed by atoms with Crippen LogP contribution in [-0.2, 0) is 14.8 Å². The number of hydrogen-bond acceptors (Lipinski definition) is 4. The number of nitrogens with zero attached hydrogens (tertiary/aromatic N) is 1. The third-order valence-electron chi connectivity index (χ3n) is 3.72. The highest BCUT2D eigenvalue weighted by atomic mass is 32.2. The van der Waals surface area contributed by atoms with E-state index in [2.05, 4.69) is 4.72 Å². The predicted molar refractivity (Wildman–Crippen MR) is 93.1 cm³/mol. The minimum Gasteiger partial charge on any atom is -0.476 e. The van der Waals surface area contributed by atoms with E-state index >= 15 is 0 Å². The van der Waals surface area contributed by atoms with Crippen LogP contribution in [0.4, 0.5) is 25.8 Å². The number of carbonyl (C=O) groups excluding carboxylic acids is 1. The summed E-state index contributed by atoms with van der Waals surface area (Å²) in [7, 11) is -3.62. The lowest BCUT2D eigenvalue weighted by Gasteiger charge is -2.39. The average Bonchev–Trinajstić information content (AvgIpc) is 2.48. The van der Waals surface area contributed by atoms with Gasteiger partial charge in [0.05, 0.1) is 11.9 Å². The molecule has 1 aliphatic heterocycles. The summed E-state index contributed by atoms with van der Waals surface area (Å²) >= 11 is 0. The fourth-order valence-electron chi connectivity index (χ4n) is 2.67. The van der Waals surface area contributed by atoms with Crippen LogP contribution in [0.1, 0.15) is 13.8 Å². The van der Waals surface area contributed by atoms with Crippen LogP contribution in [0.5, 0.6) is 5.75 Å². The maximum Gasteiger partial charge on any atom is 0.275 e. The van der Waals surface area contributed by atoms with Crippen LogP contribution >= 0.6 is 0 Å². The molecule has 1 amide bonds. The molecule has 9 heteroatoms. The number of anilines is 3. The lowest BCUT2D eigenvalue weighted by molar-refractivity contribution is -0.131. The molecular weight excluding hydrogens is 366 g/mol. The second-order valence-electron chi connectivity index (χ2n) is 6.41. The van der Waals surface area contributed by atoms with E-state index in [4.69, 9.17) is 4.74 Å². The molecule has 1 heterocycles. The van der Waals surface area contributed by atoms with Gasteiger partial charge in [-0.25, -0.2) is 17.2 Å². The van der Waals surface area contributed by atoms with Crippen molar-refractivity contribution >= 4 is 33.0 Å². The van der Waals surface area contributed by atoms with Crippen molar-refractivity contribution in [2.45, 2.75) is 19.4 Å². The molecule has 0 saturated carbocycles. The summed E-state index contributed by atoms with van der Waals surface area (Å²) in [5.74, 6) is -1.91. The minimum atomic E-state index is -3.62. The number of nitrogens with one attached hydrogen (secondary N) is 1. The predicted octanol–water partition coefficient (Wildman–Crippen LogP) is 3.17. The number of rotatable bonds is 3. The Morgan fingerprint density at radius 2 is 1.73 bits per heavy atom. The summed E-state index contributed by atoms with van der Waals surface area (Å²) in [6.45, 7) is 3.01. The molecule has 1 aliphatic rings. The summed E-state index contributed by atoms with van der Waals surface area (Å²) in [5, 5.41) is 0. The Kier molecular flexibility index (Phi) is 4.14. The summed E-state index contributed by atoms with van der Waals surface area (Å²) in [6, 6.07) is 7.25. The third-order valence-corrected chi connectivity index (χ3v) is 4.33. The first-order valence-electron chi connectivity index (χ1n) is 7.58. The van der Waals surface area contributed by atoms with Crippen molar-refractivity contribution in [3.63, 3.8) is 0 Å². The number of fused-ring (bicyclic) bond motifs is 1. The summed E-state index contributed by atoms with van der Waals surface area (Å²) in [4.78, 5) is 13.9. The molecule has 0 atom stereocenters. The molecule has 3 rings (SSSR count). The molecule has 0 saturated heterocycles. The fourth-order valence-corrected chi connectivity index (χ4v) is 3.21. The van der Waals surface area contributed by atoms with E-state index in [9.17, 15) is 22.0 Å². The van der Waals surface area contributed by atoms with Gasteiger partial charge in [0.25, 0.3) is 5.91 Å². The van der Waals surface area contributed by atoms with Crippen molar-refractivity contribution in [1.82, 2.24) is 0 Å². The first-order valence-corrected chi connectivity index (χ1v) is 9.47. The van der Waals surface area contributed by atoms with Crippen LogP contribution < -0.4 is 14.4 Å². The maximum atomic E-state index is 14.8. The van der Waals surface area contributed by atoms with Gasteiger partial charge in [-0.1, -0.05) is 0 Å². The Hall–Kier alpha value is -2.68. The molecule has 0 radical (unpaired) electrons. The average molecular weight is 382 g/mol. The molecule has 138 valence electrons. The summed E-state index contributed by atoms with van der Waals surface area (Å²) < 4.78 is 58.6. The largest absolute Gasteiger partial charge is 0.476 e. The van der Waals surface area contributed by atoms with Crippen molar-refractivity contribution in [3.8, 4) is 5.75 Å². The lowest BCUT2D eigenvalue weighted by atomic mass is 10.0.